The zero-order chi connectivity index (χ0) is 10.7. The highest BCUT2D eigenvalue weighted by atomic mass is 16.5. The van der Waals surface area contributed by atoms with Gasteiger partial charge in [0.2, 0.25) is 0 Å². The molecule has 0 amide bonds. The van der Waals surface area contributed by atoms with Gasteiger partial charge in [0.1, 0.15) is 0 Å². The number of ether oxygens (including phenoxy) is 1. The molecule has 84 valence electrons. The van der Waals surface area contributed by atoms with Crippen LogP contribution in [0.1, 0.15) is 37.9 Å². The van der Waals surface area contributed by atoms with Gasteiger partial charge >= 0.3 is 0 Å². The SMILES string of the molecule is CCn1nccc1C(N)CC1CCCO1. The van der Waals surface area contributed by atoms with E-state index in [-0.39, 0.29) is 6.04 Å². The van der Waals surface area contributed by atoms with Crippen LogP contribution in [0.4, 0.5) is 0 Å². The molecule has 2 N–H and O–H groups in total. The summed E-state index contributed by atoms with van der Waals surface area (Å²) in [5.41, 5.74) is 7.27. The van der Waals surface area contributed by atoms with Crippen molar-refractivity contribution in [2.24, 2.45) is 5.73 Å². The average molecular weight is 209 g/mol. The van der Waals surface area contributed by atoms with Crippen molar-refractivity contribution in [2.45, 2.75) is 44.9 Å². The number of hydrogen-bond donors (Lipinski definition) is 1. The Hall–Kier alpha value is -0.870. The number of aromatic nitrogens is 2. The summed E-state index contributed by atoms with van der Waals surface area (Å²) in [6.45, 7) is 3.85. The van der Waals surface area contributed by atoms with E-state index in [4.69, 9.17) is 10.5 Å². The molecule has 1 aromatic heterocycles. The van der Waals surface area contributed by atoms with Gasteiger partial charge in [-0.15, -0.1) is 0 Å². The molecule has 2 unspecified atom stereocenters. The lowest BCUT2D eigenvalue weighted by Crippen LogP contribution is -2.21. The standard InChI is InChI=1S/C11H19N3O/c1-2-14-11(5-6-13-14)10(12)8-9-4-3-7-15-9/h5-6,9-10H,2-4,7-8,12H2,1H3. The molecule has 0 aromatic carbocycles. The number of nitrogens with two attached hydrogens (primary N) is 1. The normalized spacial score (nSPS) is 23.2. The van der Waals surface area contributed by atoms with Crippen molar-refractivity contribution >= 4 is 0 Å². The van der Waals surface area contributed by atoms with Gasteiger partial charge in [-0.25, -0.2) is 0 Å². The number of rotatable bonds is 4. The molecule has 1 aliphatic heterocycles. The molecule has 4 heteroatoms. The predicted octanol–water partition coefficient (Wildman–Crippen LogP) is 1.47. The fourth-order valence-electron chi connectivity index (χ4n) is 2.16. The van der Waals surface area contributed by atoms with Crippen LogP contribution in [0.3, 0.4) is 0 Å². The van der Waals surface area contributed by atoms with Crippen LogP contribution >= 0.6 is 0 Å². The Balaban J connectivity index is 1.97. The summed E-state index contributed by atoms with van der Waals surface area (Å²) in [6.07, 6.45) is 5.39. The van der Waals surface area contributed by atoms with Crippen molar-refractivity contribution in [1.82, 2.24) is 9.78 Å². The van der Waals surface area contributed by atoms with Crippen LogP contribution < -0.4 is 5.73 Å². The van der Waals surface area contributed by atoms with Crippen molar-refractivity contribution in [1.29, 1.82) is 0 Å². The first-order valence-corrected chi connectivity index (χ1v) is 5.70. The number of nitrogens with zero attached hydrogens (tertiary/aromatic N) is 2. The van der Waals surface area contributed by atoms with Gasteiger partial charge in [0.05, 0.1) is 11.8 Å². The van der Waals surface area contributed by atoms with Crippen LogP contribution in [-0.4, -0.2) is 22.5 Å². The molecule has 2 atom stereocenters. The van der Waals surface area contributed by atoms with E-state index in [1.165, 1.54) is 6.42 Å². The van der Waals surface area contributed by atoms with Crippen LogP contribution in [0.5, 0.6) is 0 Å². The highest BCUT2D eigenvalue weighted by Gasteiger charge is 2.21. The van der Waals surface area contributed by atoms with Crippen molar-refractivity contribution in [3.8, 4) is 0 Å². The molecule has 0 aliphatic carbocycles. The maximum Gasteiger partial charge on any atom is 0.0594 e. The van der Waals surface area contributed by atoms with Gasteiger partial charge in [-0.1, -0.05) is 0 Å². The Bertz CT molecular complexity index is 305. The fraction of sp³-hybridized carbons (Fsp3) is 0.727. The predicted molar refractivity (Wildman–Crippen MR) is 58.4 cm³/mol. The molecule has 2 rings (SSSR count). The smallest absolute Gasteiger partial charge is 0.0594 e. The van der Waals surface area contributed by atoms with Crippen molar-refractivity contribution in [3.05, 3.63) is 18.0 Å². The largest absolute Gasteiger partial charge is 0.378 e. The minimum atomic E-state index is 0.0514. The Labute approximate surface area is 90.4 Å². The Kier molecular flexibility index (Phi) is 3.38. The number of aryl methyl sites for hydroxylation is 1. The van der Waals surface area contributed by atoms with E-state index >= 15 is 0 Å². The third-order valence-electron chi connectivity index (χ3n) is 2.97. The zero-order valence-corrected chi connectivity index (χ0v) is 9.22. The Morgan fingerprint density at radius 3 is 3.27 bits per heavy atom. The molecule has 15 heavy (non-hydrogen) atoms. The molecule has 1 fully saturated rings. The molecule has 4 nitrogen and oxygen atoms in total. The monoisotopic (exact) mass is 209 g/mol. The molecule has 0 saturated carbocycles. The summed E-state index contributed by atoms with van der Waals surface area (Å²) < 4.78 is 7.54. The lowest BCUT2D eigenvalue weighted by Gasteiger charge is -2.17. The third kappa shape index (κ3) is 2.38. The third-order valence-corrected chi connectivity index (χ3v) is 2.97. The van der Waals surface area contributed by atoms with E-state index in [1.54, 1.807) is 0 Å². The van der Waals surface area contributed by atoms with E-state index in [9.17, 15) is 0 Å². The second-order valence-corrected chi connectivity index (χ2v) is 4.05. The van der Waals surface area contributed by atoms with Crippen molar-refractivity contribution in [3.63, 3.8) is 0 Å². The minimum absolute atomic E-state index is 0.0514. The fourth-order valence-corrected chi connectivity index (χ4v) is 2.16. The average Bonchev–Trinajstić information content (AvgIpc) is 2.86. The molecule has 1 aliphatic rings. The second kappa shape index (κ2) is 4.77. The maximum absolute atomic E-state index is 6.15. The first-order chi connectivity index (χ1) is 7.31. The minimum Gasteiger partial charge on any atom is -0.378 e. The summed E-state index contributed by atoms with van der Waals surface area (Å²) in [5.74, 6) is 0. The Morgan fingerprint density at radius 1 is 1.73 bits per heavy atom. The van der Waals surface area contributed by atoms with E-state index in [2.05, 4.69) is 12.0 Å². The molecule has 1 aromatic rings. The second-order valence-electron chi connectivity index (χ2n) is 4.05. The Morgan fingerprint density at radius 2 is 2.60 bits per heavy atom. The maximum atomic E-state index is 6.15. The topological polar surface area (TPSA) is 53.1 Å². The first-order valence-electron chi connectivity index (χ1n) is 5.70. The molecule has 1 saturated heterocycles. The molecule has 2 heterocycles. The summed E-state index contributed by atoms with van der Waals surface area (Å²) in [4.78, 5) is 0. The van der Waals surface area contributed by atoms with E-state index in [0.29, 0.717) is 6.10 Å². The highest BCUT2D eigenvalue weighted by Crippen LogP contribution is 2.23. The van der Waals surface area contributed by atoms with Gasteiger partial charge in [0.25, 0.3) is 0 Å². The van der Waals surface area contributed by atoms with E-state index in [1.807, 2.05) is 16.9 Å². The highest BCUT2D eigenvalue weighted by molar-refractivity contribution is 5.06. The van der Waals surface area contributed by atoms with Crippen LogP contribution in [0, 0.1) is 0 Å². The number of hydrogen-bond acceptors (Lipinski definition) is 3. The molecule has 0 spiro atoms. The first kappa shape index (κ1) is 10.6. The van der Waals surface area contributed by atoms with Crippen molar-refractivity contribution in [2.75, 3.05) is 6.61 Å². The summed E-state index contributed by atoms with van der Waals surface area (Å²) in [5, 5.41) is 4.23. The van der Waals surface area contributed by atoms with Crippen LogP contribution in [0.15, 0.2) is 12.3 Å². The van der Waals surface area contributed by atoms with E-state index < -0.39 is 0 Å². The van der Waals surface area contributed by atoms with E-state index in [0.717, 1.165) is 31.7 Å². The van der Waals surface area contributed by atoms with Crippen LogP contribution in [0.2, 0.25) is 0 Å². The van der Waals surface area contributed by atoms with Crippen molar-refractivity contribution < 1.29 is 4.74 Å². The van der Waals surface area contributed by atoms with Crippen LogP contribution in [0.25, 0.3) is 0 Å². The van der Waals surface area contributed by atoms with Gasteiger partial charge in [-0.3, -0.25) is 4.68 Å². The van der Waals surface area contributed by atoms with Crippen LogP contribution in [-0.2, 0) is 11.3 Å². The lowest BCUT2D eigenvalue weighted by atomic mass is 10.0. The molecule has 0 bridgehead atoms. The summed E-state index contributed by atoms with van der Waals surface area (Å²) in [7, 11) is 0. The lowest BCUT2D eigenvalue weighted by molar-refractivity contribution is 0.0976. The van der Waals surface area contributed by atoms with Gasteiger partial charge < -0.3 is 10.5 Å². The summed E-state index contributed by atoms with van der Waals surface area (Å²) >= 11 is 0. The zero-order valence-electron chi connectivity index (χ0n) is 9.22. The summed E-state index contributed by atoms with van der Waals surface area (Å²) in [6, 6.07) is 2.05. The van der Waals surface area contributed by atoms with Gasteiger partial charge in [0.15, 0.2) is 0 Å². The van der Waals surface area contributed by atoms with Gasteiger partial charge in [-0.05, 0) is 32.3 Å². The molecular formula is C11H19N3O. The molecule has 0 radical (unpaired) electrons. The quantitative estimate of drug-likeness (QED) is 0.817. The molecular weight excluding hydrogens is 190 g/mol. The van der Waals surface area contributed by atoms with Gasteiger partial charge in [0, 0.05) is 25.4 Å². The van der Waals surface area contributed by atoms with Gasteiger partial charge in [-0.2, -0.15) is 5.10 Å².